The van der Waals surface area contributed by atoms with Gasteiger partial charge in [-0.25, -0.2) is 4.39 Å². The van der Waals surface area contributed by atoms with E-state index in [-0.39, 0.29) is 4.90 Å². The van der Waals surface area contributed by atoms with Gasteiger partial charge in [0.2, 0.25) is 0 Å². The van der Waals surface area contributed by atoms with Gasteiger partial charge in [0, 0.05) is 0 Å². The quantitative estimate of drug-likeness (QED) is 0.626. The molecule has 3 rings (SSSR count). The van der Waals surface area contributed by atoms with Crippen molar-refractivity contribution in [1.82, 2.24) is 0 Å². The van der Waals surface area contributed by atoms with E-state index in [1.807, 2.05) is 13.0 Å². The zero-order valence-electron chi connectivity index (χ0n) is 13.6. The zero-order valence-corrected chi connectivity index (χ0v) is 14.4. The monoisotopic (exact) mass is 356 g/mol. The Bertz CT molecular complexity index is 952. The first-order valence-corrected chi connectivity index (χ1v) is 9.17. The lowest BCUT2D eigenvalue weighted by molar-refractivity contribution is 0.253. The Hall–Kier alpha value is -2.50. The van der Waals surface area contributed by atoms with Crippen LogP contribution in [0.1, 0.15) is 22.8 Å². The third-order valence-corrected chi connectivity index (χ3v) is 5.08. The molecule has 0 heterocycles. The van der Waals surface area contributed by atoms with Crippen molar-refractivity contribution in [1.29, 1.82) is 0 Å². The lowest BCUT2D eigenvalue weighted by Crippen LogP contribution is -2.14. The molecule has 3 aromatic rings. The molecule has 0 aliphatic rings. The average molecular weight is 356 g/mol. The van der Waals surface area contributed by atoms with Crippen LogP contribution in [0.15, 0.2) is 83.8 Å². The van der Waals surface area contributed by atoms with Crippen molar-refractivity contribution in [2.45, 2.75) is 17.9 Å². The summed E-state index contributed by atoms with van der Waals surface area (Å²) in [6.07, 6.45) is -0.928. The minimum absolute atomic E-state index is 0.0652. The smallest absolute Gasteiger partial charge is 0.253 e. The Morgan fingerprint density at radius 3 is 2.12 bits per heavy atom. The molecule has 0 saturated carbocycles. The Kier molecular flexibility index (Phi) is 4.97. The fraction of sp³-hybridized carbons (Fsp3) is 0.100. The highest BCUT2D eigenvalue weighted by atomic mass is 32.2. The van der Waals surface area contributed by atoms with Crippen LogP contribution >= 0.6 is 0 Å². The highest BCUT2D eigenvalue weighted by Crippen LogP contribution is 2.30. The summed E-state index contributed by atoms with van der Waals surface area (Å²) >= 11 is 0. The van der Waals surface area contributed by atoms with E-state index in [0.29, 0.717) is 11.1 Å². The maximum absolute atomic E-state index is 13.6. The van der Waals surface area contributed by atoms with Gasteiger partial charge < -0.3 is 0 Å². The predicted octanol–water partition coefficient (Wildman–Crippen LogP) is 4.63. The van der Waals surface area contributed by atoms with Crippen LogP contribution in [0.25, 0.3) is 0 Å². The molecule has 3 nitrogen and oxygen atoms in total. The molecule has 25 heavy (non-hydrogen) atoms. The maximum Gasteiger partial charge on any atom is 0.297 e. The van der Waals surface area contributed by atoms with E-state index in [1.165, 1.54) is 30.3 Å². The van der Waals surface area contributed by atoms with Crippen molar-refractivity contribution >= 4 is 10.1 Å². The van der Waals surface area contributed by atoms with Crippen LogP contribution in [0.3, 0.4) is 0 Å². The van der Waals surface area contributed by atoms with Gasteiger partial charge in [0.15, 0.2) is 0 Å². The summed E-state index contributed by atoms with van der Waals surface area (Å²) in [5, 5.41) is 0. The van der Waals surface area contributed by atoms with E-state index in [4.69, 9.17) is 4.18 Å². The molecule has 128 valence electrons. The van der Waals surface area contributed by atoms with Crippen LogP contribution in [0.4, 0.5) is 4.39 Å². The largest absolute Gasteiger partial charge is 0.297 e. The molecule has 5 heteroatoms. The highest BCUT2D eigenvalue weighted by Gasteiger charge is 2.25. The summed E-state index contributed by atoms with van der Waals surface area (Å²) < 4.78 is 44.5. The number of halogens is 1. The van der Waals surface area contributed by atoms with E-state index in [1.54, 1.807) is 42.5 Å². The number of rotatable bonds is 5. The van der Waals surface area contributed by atoms with E-state index >= 15 is 0 Å². The molecule has 0 fully saturated rings. The minimum Gasteiger partial charge on any atom is -0.253 e. The van der Waals surface area contributed by atoms with Gasteiger partial charge in [-0.3, -0.25) is 4.18 Å². The van der Waals surface area contributed by atoms with Gasteiger partial charge in [-0.1, -0.05) is 60.2 Å². The molecule has 0 bridgehead atoms. The van der Waals surface area contributed by atoms with Gasteiger partial charge in [0.1, 0.15) is 11.9 Å². The summed E-state index contributed by atoms with van der Waals surface area (Å²) in [7, 11) is -4.01. The van der Waals surface area contributed by atoms with Crippen LogP contribution < -0.4 is 0 Å². The topological polar surface area (TPSA) is 43.4 Å². The Balaban J connectivity index is 2.02. The molecule has 0 saturated heterocycles. The third-order valence-electron chi connectivity index (χ3n) is 3.79. The lowest BCUT2D eigenvalue weighted by atomic mass is 10.0. The molecule has 3 aromatic carbocycles. The van der Waals surface area contributed by atoms with Gasteiger partial charge in [0.05, 0.1) is 4.90 Å². The molecule has 0 spiro atoms. The molecule has 0 aliphatic heterocycles. The second-order valence-corrected chi connectivity index (χ2v) is 7.28. The number of benzene rings is 3. The van der Waals surface area contributed by atoms with Crippen molar-refractivity contribution < 1.29 is 17.0 Å². The van der Waals surface area contributed by atoms with Crippen molar-refractivity contribution in [3.63, 3.8) is 0 Å². The van der Waals surface area contributed by atoms with E-state index in [9.17, 15) is 12.8 Å². The van der Waals surface area contributed by atoms with Crippen molar-refractivity contribution in [2.75, 3.05) is 0 Å². The van der Waals surface area contributed by atoms with Gasteiger partial charge in [-0.05, 0) is 42.3 Å². The lowest BCUT2D eigenvalue weighted by Gasteiger charge is -2.18. The van der Waals surface area contributed by atoms with E-state index in [0.717, 1.165) is 5.56 Å². The molecule has 0 amide bonds. The standard InChI is InChI=1S/C20H17FO3S/c1-15-10-12-19(13-11-15)25(22,23)24-20(16-6-3-2-4-7-16)17-8-5-9-18(21)14-17/h2-14,20H,1H3. The zero-order chi connectivity index (χ0) is 17.9. The fourth-order valence-corrected chi connectivity index (χ4v) is 3.54. The van der Waals surface area contributed by atoms with Crippen molar-refractivity contribution in [3.8, 4) is 0 Å². The van der Waals surface area contributed by atoms with Crippen LogP contribution in [0.2, 0.25) is 0 Å². The SMILES string of the molecule is Cc1ccc(S(=O)(=O)OC(c2ccccc2)c2cccc(F)c2)cc1. The summed E-state index contributed by atoms with van der Waals surface area (Å²) in [4.78, 5) is 0.0652. The van der Waals surface area contributed by atoms with Crippen LogP contribution in [0, 0.1) is 12.7 Å². The predicted molar refractivity (Wildman–Crippen MR) is 94.1 cm³/mol. The first-order chi connectivity index (χ1) is 12.0. The van der Waals surface area contributed by atoms with Gasteiger partial charge in [-0.2, -0.15) is 8.42 Å². The fourth-order valence-electron chi connectivity index (χ4n) is 2.49. The second-order valence-electron chi connectivity index (χ2n) is 5.71. The molecular weight excluding hydrogens is 339 g/mol. The van der Waals surface area contributed by atoms with Crippen LogP contribution in [-0.4, -0.2) is 8.42 Å². The number of aryl methyl sites for hydroxylation is 1. The molecule has 0 aliphatic carbocycles. The Morgan fingerprint density at radius 1 is 0.840 bits per heavy atom. The van der Waals surface area contributed by atoms with Crippen molar-refractivity contribution in [3.05, 3.63) is 101 Å². The first-order valence-electron chi connectivity index (χ1n) is 7.76. The second kappa shape index (κ2) is 7.17. The van der Waals surface area contributed by atoms with Crippen LogP contribution in [-0.2, 0) is 14.3 Å². The Morgan fingerprint density at radius 2 is 1.48 bits per heavy atom. The molecule has 0 N–H and O–H groups in total. The number of hydrogen-bond acceptors (Lipinski definition) is 3. The van der Waals surface area contributed by atoms with E-state index in [2.05, 4.69) is 0 Å². The highest BCUT2D eigenvalue weighted by molar-refractivity contribution is 7.86. The summed E-state index contributed by atoms with van der Waals surface area (Å²) in [5.41, 5.74) is 2.01. The number of hydrogen-bond donors (Lipinski definition) is 0. The van der Waals surface area contributed by atoms with Gasteiger partial charge in [-0.15, -0.1) is 0 Å². The van der Waals surface area contributed by atoms with Gasteiger partial charge >= 0.3 is 0 Å². The molecule has 0 aromatic heterocycles. The Labute approximate surface area is 146 Å². The molecule has 1 unspecified atom stereocenters. The van der Waals surface area contributed by atoms with Crippen LogP contribution in [0.5, 0.6) is 0 Å². The maximum atomic E-state index is 13.6. The van der Waals surface area contributed by atoms with Gasteiger partial charge in [0.25, 0.3) is 10.1 Å². The minimum atomic E-state index is -4.01. The molecule has 1 atom stereocenters. The van der Waals surface area contributed by atoms with E-state index < -0.39 is 22.0 Å². The first kappa shape index (κ1) is 17.3. The summed E-state index contributed by atoms with van der Waals surface area (Å²) in [6.45, 7) is 1.87. The summed E-state index contributed by atoms with van der Waals surface area (Å²) in [5.74, 6) is -0.449. The molecular formula is C20H17FO3S. The molecule has 0 radical (unpaired) electrons. The average Bonchev–Trinajstić information content (AvgIpc) is 2.61. The summed E-state index contributed by atoms with van der Waals surface area (Å²) in [6, 6.07) is 21.0. The third kappa shape index (κ3) is 4.13. The van der Waals surface area contributed by atoms with Crippen molar-refractivity contribution in [2.24, 2.45) is 0 Å². The normalized spacial score (nSPS) is 12.7.